The van der Waals surface area contributed by atoms with Crippen molar-refractivity contribution in [2.45, 2.75) is 11.3 Å². The van der Waals surface area contributed by atoms with E-state index in [-0.39, 0.29) is 5.91 Å². The Labute approximate surface area is 114 Å². The van der Waals surface area contributed by atoms with E-state index in [4.69, 9.17) is 10.2 Å². The highest BCUT2D eigenvalue weighted by Crippen LogP contribution is 2.34. The number of hydrogen-bond donors (Lipinski definition) is 2. The van der Waals surface area contributed by atoms with Gasteiger partial charge in [0, 0.05) is 16.9 Å². The third-order valence-electron chi connectivity index (χ3n) is 2.81. The van der Waals surface area contributed by atoms with Gasteiger partial charge in [0.25, 0.3) is 0 Å². The lowest BCUT2D eigenvalue weighted by molar-refractivity contribution is -0.113. The predicted octanol–water partition coefficient (Wildman–Crippen LogP) is 1.89. The first-order valence-electron chi connectivity index (χ1n) is 5.98. The van der Waals surface area contributed by atoms with E-state index < -0.39 is 0 Å². The van der Waals surface area contributed by atoms with Gasteiger partial charge in [0.1, 0.15) is 6.26 Å². The zero-order chi connectivity index (χ0) is 13.2. The number of anilines is 1. The van der Waals surface area contributed by atoms with Gasteiger partial charge in [-0.15, -0.1) is 11.8 Å². The van der Waals surface area contributed by atoms with E-state index >= 15 is 0 Å². The fourth-order valence-electron chi connectivity index (χ4n) is 1.92. The maximum Gasteiger partial charge on any atom is 0.234 e. The van der Waals surface area contributed by atoms with Gasteiger partial charge in [-0.05, 0) is 24.7 Å². The monoisotopic (exact) mass is 275 g/mol. The number of nitrogens with two attached hydrogens (primary N) is 1. The maximum absolute atomic E-state index is 11.4. The lowest BCUT2D eigenvalue weighted by atomic mass is 10.2. The van der Waals surface area contributed by atoms with Gasteiger partial charge in [0.15, 0.2) is 0 Å². The zero-order valence-electron chi connectivity index (χ0n) is 10.2. The molecule has 0 bridgehead atoms. The van der Waals surface area contributed by atoms with Crippen LogP contribution in [0.4, 0.5) is 5.69 Å². The van der Waals surface area contributed by atoms with Gasteiger partial charge >= 0.3 is 0 Å². The molecule has 98 valence electrons. The molecule has 0 atom stereocenters. The van der Waals surface area contributed by atoms with E-state index in [1.54, 1.807) is 6.26 Å². The van der Waals surface area contributed by atoms with Crippen molar-refractivity contribution in [3.63, 3.8) is 0 Å². The number of benzene rings is 1. The highest BCUT2D eigenvalue weighted by Gasteiger charge is 2.17. The Bertz CT molecular complexity index is 624. The summed E-state index contributed by atoms with van der Waals surface area (Å²) in [5, 5.41) is 2.85. The van der Waals surface area contributed by atoms with Crippen molar-refractivity contribution in [3.8, 4) is 11.5 Å². The van der Waals surface area contributed by atoms with Gasteiger partial charge in [0.05, 0.1) is 17.1 Å². The first kappa shape index (κ1) is 12.3. The van der Waals surface area contributed by atoms with Gasteiger partial charge in [-0.25, -0.2) is 4.98 Å². The van der Waals surface area contributed by atoms with Crippen LogP contribution in [0.1, 0.15) is 5.69 Å². The summed E-state index contributed by atoms with van der Waals surface area (Å²) in [4.78, 5) is 16.8. The molecule has 0 spiro atoms. The minimum Gasteiger partial charge on any atom is -0.444 e. The molecule has 1 amide bonds. The van der Waals surface area contributed by atoms with Crippen molar-refractivity contribution in [2.75, 3.05) is 17.6 Å². The van der Waals surface area contributed by atoms with Crippen molar-refractivity contribution in [3.05, 3.63) is 30.2 Å². The molecule has 5 nitrogen and oxygen atoms in total. The molecule has 1 aliphatic heterocycles. The molecule has 6 heteroatoms. The number of amides is 1. The summed E-state index contributed by atoms with van der Waals surface area (Å²) >= 11 is 1.53. The first-order valence-corrected chi connectivity index (χ1v) is 6.96. The SMILES string of the molecule is NCCc1coc(-c2ccc3c(c2)NC(=O)CS3)n1. The van der Waals surface area contributed by atoms with Crippen molar-refractivity contribution in [1.29, 1.82) is 0 Å². The molecule has 0 radical (unpaired) electrons. The Kier molecular flexibility index (Phi) is 3.27. The van der Waals surface area contributed by atoms with Crippen LogP contribution in [0.25, 0.3) is 11.5 Å². The molecular weight excluding hydrogens is 262 g/mol. The largest absolute Gasteiger partial charge is 0.444 e. The highest BCUT2D eigenvalue weighted by molar-refractivity contribution is 8.00. The molecule has 0 saturated heterocycles. The molecule has 2 aromatic rings. The van der Waals surface area contributed by atoms with Crippen LogP contribution in [0.15, 0.2) is 33.8 Å². The first-order chi connectivity index (χ1) is 9.26. The lowest BCUT2D eigenvalue weighted by Gasteiger charge is -2.16. The van der Waals surface area contributed by atoms with Crippen LogP contribution in [0.2, 0.25) is 0 Å². The van der Waals surface area contributed by atoms with Crippen LogP contribution < -0.4 is 11.1 Å². The second-order valence-electron chi connectivity index (χ2n) is 4.23. The van der Waals surface area contributed by atoms with E-state index in [2.05, 4.69) is 10.3 Å². The third-order valence-corrected chi connectivity index (χ3v) is 3.89. The molecule has 0 saturated carbocycles. The average molecular weight is 275 g/mol. The van der Waals surface area contributed by atoms with Crippen molar-refractivity contribution >= 4 is 23.4 Å². The van der Waals surface area contributed by atoms with E-state index in [0.29, 0.717) is 24.6 Å². The number of fused-ring (bicyclic) bond motifs is 1. The summed E-state index contributed by atoms with van der Waals surface area (Å²) in [6.07, 6.45) is 2.32. The Hall–Kier alpha value is -1.79. The number of aromatic nitrogens is 1. The number of nitrogens with zero attached hydrogens (tertiary/aromatic N) is 1. The molecular formula is C13H13N3O2S. The van der Waals surface area contributed by atoms with Crippen molar-refractivity contribution in [2.24, 2.45) is 5.73 Å². The predicted molar refractivity (Wildman–Crippen MR) is 74.1 cm³/mol. The van der Waals surface area contributed by atoms with E-state index in [0.717, 1.165) is 21.8 Å². The smallest absolute Gasteiger partial charge is 0.234 e. The Morgan fingerprint density at radius 1 is 1.47 bits per heavy atom. The number of hydrogen-bond acceptors (Lipinski definition) is 5. The van der Waals surface area contributed by atoms with Gasteiger partial charge in [-0.3, -0.25) is 4.79 Å². The number of carbonyl (C=O) groups is 1. The molecule has 3 N–H and O–H groups in total. The van der Waals surface area contributed by atoms with Crippen molar-refractivity contribution < 1.29 is 9.21 Å². The molecule has 19 heavy (non-hydrogen) atoms. The van der Waals surface area contributed by atoms with Crippen LogP contribution in [0.5, 0.6) is 0 Å². The summed E-state index contributed by atoms with van der Waals surface area (Å²) in [6.45, 7) is 0.545. The lowest BCUT2D eigenvalue weighted by Crippen LogP contribution is -2.18. The van der Waals surface area contributed by atoms with Gasteiger partial charge in [0.2, 0.25) is 11.8 Å². The van der Waals surface area contributed by atoms with Crippen LogP contribution in [-0.2, 0) is 11.2 Å². The van der Waals surface area contributed by atoms with Crippen LogP contribution in [0.3, 0.4) is 0 Å². The second kappa shape index (κ2) is 5.07. The normalized spacial score (nSPS) is 14.1. The number of oxazole rings is 1. The molecule has 0 unspecified atom stereocenters. The highest BCUT2D eigenvalue weighted by atomic mass is 32.2. The topological polar surface area (TPSA) is 81.1 Å². The van der Waals surface area contributed by atoms with Crippen LogP contribution in [0, 0.1) is 0 Å². The summed E-state index contributed by atoms with van der Waals surface area (Å²) < 4.78 is 5.43. The molecule has 1 aromatic carbocycles. The summed E-state index contributed by atoms with van der Waals surface area (Å²) in [5.41, 5.74) is 7.99. The Morgan fingerprint density at radius 3 is 3.21 bits per heavy atom. The molecule has 0 aliphatic carbocycles. The van der Waals surface area contributed by atoms with Gasteiger partial charge in [-0.2, -0.15) is 0 Å². The second-order valence-corrected chi connectivity index (χ2v) is 5.25. The maximum atomic E-state index is 11.4. The minimum absolute atomic E-state index is 0.0193. The summed E-state index contributed by atoms with van der Waals surface area (Å²) in [5.74, 6) is 1.04. The van der Waals surface area contributed by atoms with Crippen LogP contribution >= 0.6 is 11.8 Å². The van der Waals surface area contributed by atoms with E-state index in [1.807, 2.05) is 18.2 Å². The Balaban J connectivity index is 1.92. The molecule has 3 rings (SSSR count). The van der Waals surface area contributed by atoms with Crippen molar-refractivity contribution in [1.82, 2.24) is 4.98 Å². The number of carbonyl (C=O) groups excluding carboxylic acids is 1. The zero-order valence-corrected chi connectivity index (χ0v) is 11.0. The van der Waals surface area contributed by atoms with E-state index in [1.165, 1.54) is 11.8 Å². The van der Waals surface area contributed by atoms with E-state index in [9.17, 15) is 4.79 Å². The molecule has 1 aromatic heterocycles. The molecule has 0 fully saturated rings. The number of nitrogens with one attached hydrogen (secondary N) is 1. The molecule has 2 heterocycles. The number of rotatable bonds is 3. The Morgan fingerprint density at radius 2 is 2.37 bits per heavy atom. The summed E-state index contributed by atoms with van der Waals surface area (Å²) in [6, 6.07) is 5.81. The van der Waals surface area contributed by atoms with Gasteiger partial charge < -0.3 is 15.5 Å². The standard InChI is InChI=1S/C13H13N3O2S/c14-4-3-9-6-18-13(15-9)8-1-2-11-10(5-8)16-12(17)7-19-11/h1-2,5-6H,3-4,7,14H2,(H,16,17). The average Bonchev–Trinajstić information content (AvgIpc) is 2.87. The summed E-state index contributed by atoms with van der Waals surface area (Å²) in [7, 11) is 0. The fraction of sp³-hybridized carbons (Fsp3) is 0.231. The van der Waals surface area contributed by atoms with Crippen LogP contribution in [-0.4, -0.2) is 23.2 Å². The third kappa shape index (κ3) is 2.50. The molecule has 1 aliphatic rings. The quantitative estimate of drug-likeness (QED) is 0.894. The fourth-order valence-corrected chi connectivity index (χ4v) is 2.71. The van der Waals surface area contributed by atoms with Gasteiger partial charge in [-0.1, -0.05) is 0 Å². The number of thioether (sulfide) groups is 1. The minimum atomic E-state index is 0.0193.